The number of methoxy groups -OCH3 is 1. The van der Waals surface area contributed by atoms with Gasteiger partial charge < -0.3 is 14.6 Å². The minimum absolute atomic E-state index is 0.207. The highest BCUT2D eigenvalue weighted by atomic mass is 16.5. The van der Waals surface area contributed by atoms with Gasteiger partial charge in [0.25, 0.3) is 0 Å². The van der Waals surface area contributed by atoms with Gasteiger partial charge in [0.2, 0.25) is 5.91 Å². The highest BCUT2D eigenvalue weighted by Gasteiger charge is 2.22. The van der Waals surface area contributed by atoms with E-state index in [1.54, 1.807) is 0 Å². The zero-order valence-electron chi connectivity index (χ0n) is 14.2. The number of benzene rings is 1. The molecule has 0 aliphatic rings. The Morgan fingerprint density at radius 3 is 2.54 bits per heavy atom. The first-order valence-corrected chi connectivity index (χ1v) is 7.84. The molecule has 2 aromatic rings. The number of carbonyl (C=O) groups is 2. The topological polar surface area (TPSA) is 81.4 Å². The fraction of sp³-hybridized carbons (Fsp3) is 0.389. The number of hydrogen-bond donors (Lipinski definition) is 1. The van der Waals surface area contributed by atoms with Crippen LogP contribution in [-0.2, 0) is 27.2 Å². The largest absolute Gasteiger partial charge is 0.467 e. The summed E-state index contributed by atoms with van der Waals surface area (Å²) in [6, 6.07) is 8.80. The van der Waals surface area contributed by atoms with E-state index >= 15 is 0 Å². The van der Waals surface area contributed by atoms with Gasteiger partial charge in [-0.3, -0.25) is 4.79 Å². The number of aryl methyl sites for hydroxylation is 2. The molecule has 24 heavy (non-hydrogen) atoms. The van der Waals surface area contributed by atoms with E-state index in [1.165, 1.54) is 7.11 Å². The summed E-state index contributed by atoms with van der Waals surface area (Å²) in [6.07, 6.45) is 1.17. The van der Waals surface area contributed by atoms with E-state index in [0.29, 0.717) is 18.6 Å². The summed E-state index contributed by atoms with van der Waals surface area (Å²) in [4.78, 5) is 24.1. The maximum absolute atomic E-state index is 12.2. The molecule has 0 aliphatic heterocycles. The summed E-state index contributed by atoms with van der Waals surface area (Å²) < 4.78 is 9.88. The van der Waals surface area contributed by atoms with Crippen LogP contribution in [0.3, 0.4) is 0 Å². The summed E-state index contributed by atoms with van der Waals surface area (Å²) in [7, 11) is 1.32. The maximum Gasteiger partial charge on any atom is 0.328 e. The number of amides is 1. The molecule has 0 saturated carbocycles. The number of nitrogens with one attached hydrogen (secondary N) is 1. The van der Waals surface area contributed by atoms with Gasteiger partial charge in [-0.2, -0.15) is 0 Å². The summed E-state index contributed by atoms with van der Waals surface area (Å²) >= 11 is 0. The average molecular weight is 330 g/mol. The van der Waals surface area contributed by atoms with Gasteiger partial charge in [0.15, 0.2) is 0 Å². The first-order chi connectivity index (χ1) is 11.5. The molecule has 1 unspecified atom stereocenters. The molecule has 2 rings (SSSR count). The van der Waals surface area contributed by atoms with Crippen molar-refractivity contribution in [3.05, 3.63) is 52.9 Å². The average Bonchev–Trinajstić information content (AvgIpc) is 2.91. The zero-order valence-corrected chi connectivity index (χ0v) is 14.2. The molecule has 6 nitrogen and oxygen atoms in total. The van der Waals surface area contributed by atoms with Crippen LogP contribution in [0.4, 0.5) is 0 Å². The molecule has 0 fully saturated rings. The highest BCUT2D eigenvalue weighted by molar-refractivity contribution is 5.84. The lowest BCUT2D eigenvalue weighted by Gasteiger charge is -2.16. The van der Waals surface area contributed by atoms with Crippen molar-refractivity contribution >= 4 is 11.9 Å². The van der Waals surface area contributed by atoms with E-state index in [-0.39, 0.29) is 12.3 Å². The van der Waals surface area contributed by atoms with E-state index < -0.39 is 12.0 Å². The third kappa shape index (κ3) is 4.68. The summed E-state index contributed by atoms with van der Waals surface area (Å²) in [6.45, 7) is 3.66. The molecule has 0 spiro atoms. The van der Waals surface area contributed by atoms with E-state index in [2.05, 4.69) is 10.5 Å². The Bertz CT molecular complexity index is 675. The number of nitrogens with zero attached hydrogens (tertiary/aromatic N) is 1. The molecule has 128 valence electrons. The molecular formula is C18H22N2O4. The van der Waals surface area contributed by atoms with Crippen molar-refractivity contribution in [2.75, 3.05) is 7.11 Å². The first kappa shape index (κ1) is 17.7. The molecule has 0 saturated heterocycles. The fourth-order valence-corrected chi connectivity index (χ4v) is 2.55. The number of esters is 1. The lowest BCUT2D eigenvalue weighted by atomic mass is 10.0. The molecule has 6 heteroatoms. The number of carbonyl (C=O) groups excluding carboxylic acids is 2. The molecule has 0 radical (unpaired) electrons. The van der Waals surface area contributed by atoms with Crippen molar-refractivity contribution in [1.82, 2.24) is 10.5 Å². The normalized spacial score (nSPS) is 11.8. The zero-order chi connectivity index (χ0) is 17.5. The maximum atomic E-state index is 12.2. The second-order valence-corrected chi connectivity index (χ2v) is 5.64. The standard InChI is InChI=1S/C18H22N2O4/c1-12-15(13(2)24-20-12)9-10-17(21)19-16(18(22)23-3)11-14-7-5-4-6-8-14/h4-8,16H,9-11H2,1-3H3,(H,19,21). The number of rotatable bonds is 7. The van der Waals surface area contributed by atoms with Crippen LogP contribution in [0.5, 0.6) is 0 Å². The summed E-state index contributed by atoms with van der Waals surface area (Å²) in [5.74, 6) is 0.0555. The van der Waals surface area contributed by atoms with Gasteiger partial charge in [-0.25, -0.2) is 4.79 Å². The Morgan fingerprint density at radius 2 is 1.96 bits per heavy atom. The van der Waals surface area contributed by atoms with Crippen LogP contribution >= 0.6 is 0 Å². The van der Waals surface area contributed by atoms with Gasteiger partial charge in [-0.15, -0.1) is 0 Å². The van der Waals surface area contributed by atoms with Crippen molar-refractivity contribution in [2.45, 2.75) is 39.2 Å². The van der Waals surface area contributed by atoms with E-state index in [0.717, 1.165) is 16.8 Å². The van der Waals surface area contributed by atoms with Gasteiger partial charge in [0.05, 0.1) is 12.8 Å². The molecule has 1 heterocycles. The number of ether oxygens (including phenoxy) is 1. The Morgan fingerprint density at radius 1 is 1.25 bits per heavy atom. The summed E-state index contributed by atoms with van der Waals surface area (Å²) in [5.41, 5.74) is 2.68. The highest BCUT2D eigenvalue weighted by Crippen LogP contribution is 2.14. The molecule has 1 aromatic carbocycles. The van der Waals surface area contributed by atoms with Crippen molar-refractivity contribution in [3.63, 3.8) is 0 Å². The quantitative estimate of drug-likeness (QED) is 0.787. The second kappa shape index (κ2) is 8.29. The van der Waals surface area contributed by atoms with Crippen LogP contribution in [0.2, 0.25) is 0 Å². The predicted octanol–water partition coefficient (Wildman–Crippen LogP) is 2.12. The Labute approximate surface area is 141 Å². The number of hydrogen-bond acceptors (Lipinski definition) is 5. The van der Waals surface area contributed by atoms with Gasteiger partial charge >= 0.3 is 5.97 Å². The molecule has 0 aliphatic carbocycles. The third-order valence-corrected chi connectivity index (χ3v) is 3.89. The number of aromatic nitrogens is 1. The Kier molecular flexibility index (Phi) is 6.12. The monoisotopic (exact) mass is 330 g/mol. The van der Waals surface area contributed by atoms with Crippen LogP contribution in [0.15, 0.2) is 34.9 Å². The van der Waals surface area contributed by atoms with E-state index in [9.17, 15) is 9.59 Å². The van der Waals surface area contributed by atoms with Crippen LogP contribution in [0.1, 0.15) is 29.0 Å². The summed E-state index contributed by atoms with van der Waals surface area (Å²) in [5, 5.41) is 6.62. The van der Waals surface area contributed by atoms with Gasteiger partial charge in [-0.1, -0.05) is 35.5 Å². The van der Waals surface area contributed by atoms with Crippen LogP contribution in [0, 0.1) is 13.8 Å². The van der Waals surface area contributed by atoms with Crippen molar-refractivity contribution in [2.24, 2.45) is 0 Å². The molecular weight excluding hydrogens is 308 g/mol. The van der Waals surface area contributed by atoms with Crippen LogP contribution in [0.25, 0.3) is 0 Å². The second-order valence-electron chi connectivity index (χ2n) is 5.64. The SMILES string of the molecule is COC(=O)C(Cc1ccccc1)NC(=O)CCc1c(C)noc1C. The van der Waals surface area contributed by atoms with Crippen LogP contribution in [-0.4, -0.2) is 30.2 Å². The van der Waals surface area contributed by atoms with E-state index in [4.69, 9.17) is 9.26 Å². The van der Waals surface area contributed by atoms with Crippen molar-refractivity contribution in [3.8, 4) is 0 Å². The van der Waals surface area contributed by atoms with Gasteiger partial charge in [-0.05, 0) is 25.8 Å². The van der Waals surface area contributed by atoms with Crippen LogP contribution < -0.4 is 5.32 Å². The third-order valence-electron chi connectivity index (χ3n) is 3.89. The van der Waals surface area contributed by atoms with Crippen molar-refractivity contribution in [1.29, 1.82) is 0 Å². The predicted molar refractivity (Wildman–Crippen MR) is 88.4 cm³/mol. The van der Waals surface area contributed by atoms with Gasteiger partial charge in [0.1, 0.15) is 11.8 Å². The van der Waals surface area contributed by atoms with Gasteiger partial charge in [0, 0.05) is 18.4 Å². The molecule has 1 atom stereocenters. The fourth-order valence-electron chi connectivity index (χ4n) is 2.55. The lowest BCUT2D eigenvalue weighted by Crippen LogP contribution is -2.43. The minimum Gasteiger partial charge on any atom is -0.467 e. The van der Waals surface area contributed by atoms with E-state index in [1.807, 2.05) is 44.2 Å². The first-order valence-electron chi connectivity index (χ1n) is 7.84. The van der Waals surface area contributed by atoms with Crippen molar-refractivity contribution < 1.29 is 18.8 Å². The molecule has 0 bridgehead atoms. The Balaban J connectivity index is 1.96. The minimum atomic E-state index is -0.699. The lowest BCUT2D eigenvalue weighted by molar-refractivity contribution is -0.145. The smallest absolute Gasteiger partial charge is 0.328 e. The Hall–Kier alpha value is -2.63. The molecule has 1 aromatic heterocycles. The molecule has 1 N–H and O–H groups in total. The molecule has 1 amide bonds.